The molecule has 0 N–H and O–H groups in total. The number of hydrogen-bond donors (Lipinski definition) is 0. The summed E-state index contributed by atoms with van der Waals surface area (Å²) >= 11 is 0. The highest BCUT2D eigenvalue weighted by Crippen LogP contribution is 2.45. The molecule has 6 heterocycles. The Kier molecular flexibility index (Phi) is 6.47. The van der Waals surface area contributed by atoms with Crippen LogP contribution >= 0.6 is 0 Å². The van der Waals surface area contributed by atoms with Crippen LogP contribution in [0.1, 0.15) is 0 Å². The molecule has 0 fully saturated rings. The van der Waals surface area contributed by atoms with Crippen molar-refractivity contribution in [1.29, 1.82) is 0 Å². The number of aromatic nitrogens is 3. The Bertz CT molecular complexity index is 4760. The van der Waals surface area contributed by atoms with Crippen LogP contribution in [0.3, 0.4) is 0 Å². The molecule has 16 rings (SSSR count). The lowest BCUT2D eigenvalue weighted by atomic mass is 10.1. The van der Waals surface area contributed by atoms with Gasteiger partial charge >= 0.3 is 0 Å². The maximum Gasteiger partial charge on any atom is 0.145 e. The molecule has 0 spiro atoms. The minimum Gasteiger partial charge on any atom is -0.456 e. The summed E-state index contributed by atoms with van der Waals surface area (Å²) in [5.41, 5.74) is 15.2. The van der Waals surface area contributed by atoms with Crippen molar-refractivity contribution in [2.45, 2.75) is 0 Å². The minimum atomic E-state index is 0.846. The van der Waals surface area contributed by atoms with E-state index in [-0.39, 0.29) is 0 Å². The molecule has 6 aromatic heterocycles. The van der Waals surface area contributed by atoms with Crippen LogP contribution < -0.4 is 0 Å². The second kappa shape index (κ2) is 12.4. The molecule has 0 saturated heterocycles. The van der Waals surface area contributed by atoms with Crippen LogP contribution in [0.4, 0.5) is 0 Å². The summed E-state index contributed by atoms with van der Waals surface area (Å²) in [6.07, 6.45) is 0. The standard InChI is InChI=1S/C60H33N3O3/c1-2-12-34(13-3-1)61-49-26-22-35(62-47-18-8-4-16-41(47)57-50(62)27-24-39-37-14-6-10-20-53(37)65-59(39)57)30-43(49)44-32-46-45-31-36(23-29-55(45)64-56(46)33-52(44)61)63-48-19-9-5-17-42(48)58-51(63)28-25-40-38-15-7-11-21-54(38)66-60(40)58/h1-33H. The van der Waals surface area contributed by atoms with Crippen molar-refractivity contribution in [3.63, 3.8) is 0 Å². The Hall–Kier alpha value is -9.00. The van der Waals surface area contributed by atoms with E-state index >= 15 is 0 Å². The summed E-state index contributed by atoms with van der Waals surface area (Å²) in [7, 11) is 0. The first-order chi connectivity index (χ1) is 32.7. The third-order valence-electron chi connectivity index (χ3n) is 14.2. The van der Waals surface area contributed by atoms with Gasteiger partial charge in [0.1, 0.15) is 33.5 Å². The lowest BCUT2D eigenvalue weighted by molar-refractivity contribution is 0.669. The fraction of sp³-hybridized carbons (Fsp3) is 0. The predicted octanol–water partition coefficient (Wildman–Crippen LogP) is 16.7. The molecule has 0 bridgehead atoms. The Balaban J connectivity index is 0.953. The molecular formula is C60H33N3O3. The fourth-order valence-corrected chi connectivity index (χ4v) is 11.4. The minimum absolute atomic E-state index is 0.846. The van der Waals surface area contributed by atoms with E-state index in [9.17, 15) is 0 Å². The van der Waals surface area contributed by atoms with Gasteiger partial charge in [0.25, 0.3) is 0 Å². The molecule has 306 valence electrons. The van der Waals surface area contributed by atoms with Crippen molar-refractivity contribution in [2.75, 3.05) is 0 Å². The first-order valence-electron chi connectivity index (χ1n) is 22.4. The number of hydrogen-bond acceptors (Lipinski definition) is 3. The third-order valence-corrected chi connectivity index (χ3v) is 14.2. The molecule has 10 aromatic carbocycles. The van der Waals surface area contributed by atoms with E-state index in [1.807, 2.05) is 12.1 Å². The monoisotopic (exact) mass is 843 g/mol. The van der Waals surface area contributed by atoms with Gasteiger partial charge in [-0.15, -0.1) is 0 Å². The maximum absolute atomic E-state index is 6.77. The SMILES string of the molecule is c1ccc(-n2c3ccc(-n4c5ccccc5c5c6oc7ccccc7c6ccc54)cc3c3cc4c(cc32)oc2ccc(-n3c5ccccc5c5c6oc7ccccc7c6ccc53)cc24)cc1. The van der Waals surface area contributed by atoms with E-state index in [1.54, 1.807) is 0 Å². The van der Waals surface area contributed by atoms with Crippen LogP contribution in [-0.4, -0.2) is 13.7 Å². The highest BCUT2D eigenvalue weighted by atomic mass is 16.3. The van der Waals surface area contributed by atoms with E-state index in [1.165, 1.54) is 0 Å². The van der Waals surface area contributed by atoms with Crippen molar-refractivity contribution in [2.24, 2.45) is 0 Å². The van der Waals surface area contributed by atoms with E-state index < -0.39 is 0 Å². The van der Waals surface area contributed by atoms with Gasteiger partial charge < -0.3 is 27.0 Å². The van der Waals surface area contributed by atoms with Crippen LogP contribution in [0.2, 0.25) is 0 Å². The molecule has 66 heavy (non-hydrogen) atoms. The van der Waals surface area contributed by atoms with Gasteiger partial charge in [-0.1, -0.05) is 91.0 Å². The summed E-state index contributed by atoms with van der Waals surface area (Å²) in [6, 6.07) is 71.6. The summed E-state index contributed by atoms with van der Waals surface area (Å²) < 4.78 is 27.2. The van der Waals surface area contributed by atoms with Gasteiger partial charge in [-0.2, -0.15) is 0 Å². The molecule has 0 amide bonds. The zero-order valence-corrected chi connectivity index (χ0v) is 35.1. The highest BCUT2D eigenvalue weighted by Gasteiger charge is 2.23. The quantitative estimate of drug-likeness (QED) is 0.178. The van der Waals surface area contributed by atoms with E-state index in [2.05, 4.69) is 202 Å². The van der Waals surface area contributed by atoms with Crippen LogP contribution in [0.5, 0.6) is 0 Å². The number of benzene rings is 10. The highest BCUT2D eigenvalue weighted by molar-refractivity contribution is 6.26. The summed E-state index contributed by atoms with van der Waals surface area (Å²) in [5.74, 6) is 0. The summed E-state index contributed by atoms with van der Waals surface area (Å²) in [6.45, 7) is 0. The lowest BCUT2D eigenvalue weighted by Gasteiger charge is -2.10. The molecule has 6 heteroatoms. The number of nitrogens with zero attached hydrogens (tertiary/aromatic N) is 3. The molecule has 16 aromatic rings. The number of para-hydroxylation sites is 5. The average Bonchev–Trinajstić information content (AvgIpc) is 4.21. The summed E-state index contributed by atoms with van der Waals surface area (Å²) in [4.78, 5) is 0. The van der Waals surface area contributed by atoms with Crippen LogP contribution in [0.15, 0.2) is 213 Å². The molecule has 0 unspecified atom stereocenters. The number of furan rings is 3. The smallest absolute Gasteiger partial charge is 0.145 e. The largest absolute Gasteiger partial charge is 0.456 e. The molecule has 0 aliphatic carbocycles. The van der Waals surface area contributed by atoms with Crippen LogP contribution in [0, 0.1) is 0 Å². The van der Waals surface area contributed by atoms with Crippen molar-refractivity contribution in [1.82, 2.24) is 13.7 Å². The Morgan fingerprint density at radius 2 is 0.682 bits per heavy atom. The fourth-order valence-electron chi connectivity index (χ4n) is 11.4. The molecule has 6 nitrogen and oxygen atoms in total. The van der Waals surface area contributed by atoms with Gasteiger partial charge in [0, 0.05) is 77.0 Å². The van der Waals surface area contributed by atoms with Crippen molar-refractivity contribution in [3.8, 4) is 17.1 Å². The molecule has 0 aliphatic rings. The van der Waals surface area contributed by atoms with Gasteiger partial charge in [0.2, 0.25) is 0 Å². The molecule has 0 saturated carbocycles. The van der Waals surface area contributed by atoms with Gasteiger partial charge in [-0.25, -0.2) is 0 Å². The number of rotatable bonds is 3. The predicted molar refractivity (Wildman–Crippen MR) is 271 cm³/mol. The Morgan fingerprint density at radius 3 is 1.32 bits per heavy atom. The molecule has 0 atom stereocenters. The zero-order valence-electron chi connectivity index (χ0n) is 35.1. The average molecular weight is 844 g/mol. The maximum atomic E-state index is 6.77. The normalized spacial score (nSPS) is 12.5. The first kappa shape index (κ1) is 34.5. The van der Waals surface area contributed by atoms with Crippen LogP contribution in [0.25, 0.3) is 148 Å². The first-order valence-corrected chi connectivity index (χ1v) is 22.4. The van der Waals surface area contributed by atoms with Crippen molar-refractivity contribution >= 4 is 131 Å². The third kappa shape index (κ3) is 4.40. The van der Waals surface area contributed by atoms with Crippen molar-refractivity contribution in [3.05, 3.63) is 200 Å². The van der Waals surface area contributed by atoms with E-state index in [4.69, 9.17) is 13.3 Å². The van der Waals surface area contributed by atoms with Gasteiger partial charge in [0.15, 0.2) is 0 Å². The lowest BCUT2D eigenvalue weighted by Crippen LogP contribution is -1.95. The zero-order chi connectivity index (χ0) is 42.8. The van der Waals surface area contributed by atoms with Crippen molar-refractivity contribution < 1.29 is 13.3 Å². The topological polar surface area (TPSA) is 54.2 Å². The molecule has 0 radical (unpaired) electrons. The second-order valence-corrected chi connectivity index (χ2v) is 17.6. The van der Waals surface area contributed by atoms with E-state index in [0.717, 1.165) is 148 Å². The molecular weight excluding hydrogens is 811 g/mol. The Morgan fingerprint density at radius 1 is 0.227 bits per heavy atom. The van der Waals surface area contributed by atoms with Crippen LogP contribution in [-0.2, 0) is 0 Å². The summed E-state index contributed by atoms with van der Waals surface area (Å²) in [5, 5.41) is 13.5. The van der Waals surface area contributed by atoms with Gasteiger partial charge in [-0.05, 0) is 103 Å². The second-order valence-electron chi connectivity index (χ2n) is 17.6. The van der Waals surface area contributed by atoms with E-state index in [0.29, 0.717) is 0 Å². The van der Waals surface area contributed by atoms with Gasteiger partial charge in [-0.3, -0.25) is 0 Å². The Labute approximate surface area is 373 Å². The van der Waals surface area contributed by atoms with Gasteiger partial charge in [0.05, 0.1) is 43.9 Å². The molecule has 0 aliphatic heterocycles. The number of fused-ring (bicyclic) bond motifs is 20.